The summed E-state index contributed by atoms with van der Waals surface area (Å²) in [5.41, 5.74) is 0.818. The van der Waals surface area contributed by atoms with Crippen molar-refractivity contribution in [3.05, 3.63) is 66.8 Å². The zero-order valence-corrected chi connectivity index (χ0v) is 13.4. The highest BCUT2D eigenvalue weighted by molar-refractivity contribution is 5.98. The van der Waals surface area contributed by atoms with Gasteiger partial charge in [-0.2, -0.15) is 0 Å². The molecule has 5 heteroatoms. The average Bonchev–Trinajstić information content (AvgIpc) is 2.57. The van der Waals surface area contributed by atoms with Crippen molar-refractivity contribution >= 4 is 11.6 Å². The monoisotopic (exact) mass is 331 g/mol. The lowest BCUT2D eigenvalue weighted by atomic mass is 10.0. The number of rotatable bonds is 7. The predicted octanol–water partition coefficient (Wildman–Crippen LogP) is 4.55. The molecule has 2 aromatic rings. The molecule has 2 rings (SSSR count). The molecule has 0 saturated heterocycles. The number of anilines is 1. The minimum absolute atomic E-state index is 0.0632. The number of ether oxygens (including phenoxy) is 1. The lowest BCUT2D eigenvalue weighted by molar-refractivity contribution is -0.126. The molecule has 126 valence electrons. The smallest absolute Gasteiger partial charge is 0.253 e. The van der Waals surface area contributed by atoms with E-state index in [1.165, 1.54) is 6.07 Å². The molecular weight excluding hydrogens is 312 g/mol. The molecule has 1 atom stereocenters. The van der Waals surface area contributed by atoms with Crippen LogP contribution in [-0.2, 0) is 9.53 Å². The number of hydrogen-bond acceptors (Lipinski definition) is 2. The van der Waals surface area contributed by atoms with Gasteiger partial charge in [0.1, 0.15) is 17.7 Å². The SMILES string of the molecule is C=CCCOC(C)C(=O)Nc1c(F)cc(F)cc1-c1ccccc1. The van der Waals surface area contributed by atoms with Gasteiger partial charge in [-0.3, -0.25) is 4.79 Å². The molecule has 1 amide bonds. The Balaban J connectivity index is 2.26. The maximum absolute atomic E-state index is 14.2. The highest BCUT2D eigenvalue weighted by Gasteiger charge is 2.19. The number of hydrogen-bond donors (Lipinski definition) is 1. The van der Waals surface area contributed by atoms with Crippen molar-refractivity contribution < 1.29 is 18.3 Å². The molecule has 1 unspecified atom stereocenters. The van der Waals surface area contributed by atoms with E-state index in [1.54, 1.807) is 43.3 Å². The van der Waals surface area contributed by atoms with Gasteiger partial charge in [0.25, 0.3) is 5.91 Å². The second-order valence-electron chi connectivity index (χ2n) is 5.26. The van der Waals surface area contributed by atoms with Crippen molar-refractivity contribution in [3.63, 3.8) is 0 Å². The maximum Gasteiger partial charge on any atom is 0.253 e. The minimum atomic E-state index is -0.833. The largest absolute Gasteiger partial charge is 0.368 e. The molecule has 0 aliphatic heterocycles. The first-order valence-corrected chi connectivity index (χ1v) is 7.60. The first-order chi connectivity index (χ1) is 11.5. The molecule has 1 N–H and O–H groups in total. The van der Waals surface area contributed by atoms with Crippen LogP contribution in [0.15, 0.2) is 55.1 Å². The van der Waals surface area contributed by atoms with E-state index in [2.05, 4.69) is 11.9 Å². The highest BCUT2D eigenvalue weighted by Crippen LogP contribution is 2.31. The van der Waals surface area contributed by atoms with E-state index in [1.807, 2.05) is 0 Å². The second-order valence-corrected chi connectivity index (χ2v) is 5.26. The third-order valence-corrected chi connectivity index (χ3v) is 3.45. The quantitative estimate of drug-likeness (QED) is 0.597. The topological polar surface area (TPSA) is 38.3 Å². The van der Waals surface area contributed by atoms with Gasteiger partial charge in [0.05, 0.1) is 12.3 Å². The van der Waals surface area contributed by atoms with Gasteiger partial charge < -0.3 is 10.1 Å². The van der Waals surface area contributed by atoms with Crippen molar-refractivity contribution in [2.24, 2.45) is 0 Å². The van der Waals surface area contributed by atoms with Crippen LogP contribution in [0.4, 0.5) is 14.5 Å². The van der Waals surface area contributed by atoms with Crippen LogP contribution >= 0.6 is 0 Å². The van der Waals surface area contributed by atoms with Gasteiger partial charge in [0.15, 0.2) is 0 Å². The summed E-state index contributed by atoms with van der Waals surface area (Å²) in [7, 11) is 0. The van der Waals surface area contributed by atoms with E-state index in [0.717, 1.165) is 6.07 Å². The van der Waals surface area contributed by atoms with Crippen LogP contribution in [0.25, 0.3) is 11.1 Å². The Morgan fingerprint density at radius 1 is 1.29 bits per heavy atom. The molecule has 0 bridgehead atoms. The molecule has 0 aromatic heterocycles. The lowest BCUT2D eigenvalue weighted by Crippen LogP contribution is -2.28. The minimum Gasteiger partial charge on any atom is -0.368 e. The van der Waals surface area contributed by atoms with Crippen molar-refractivity contribution in [2.45, 2.75) is 19.4 Å². The predicted molar refractivity (Wildman–Crippen MR) is 90.7 cm³/mol. The molecular formula is C19H19F2NO2. The first kappa shape index (κ1) is 17.8. The molecule has 0 radical (unpaired) electrons. The molecule has 0 fully saturated rings. The Morgan fingerprint density at radius 2 is 2.00 bits per heavy atom. The number of benzene rings is 2. The van der Waals surface area contributed by atoms with Crippen LogP contribution in [0.3, 0.4) is 0 Å². The molecule has 3 nitrogen and oxygen atoms in total. The van der Waals surface area contributed by atoms with E-state index in [-0.39, 0.29) is 11.3 Å². The zero-order valence-electron chi connectivity index (χ0n) is 13.4. The van der Waals surface area contributed by atoms with E-state index in [0.29, 0.717) is 18.6 Å². The number of carbonyl (C=O) groups excluding carboxylic acids is 1. The summed E-state index contributed by atoms with van der Waals surface area (Å²) in [5.74, 6) is -2.04. The van der Waals surface area contributed by atoms with Gasteiger partial charge in [0.2, 0.25) is 0 Å². The van der Waals surface area contributed by atoms with Crippen LogP contribution in [0.2, 0.25) is 0 Å². The average molecular weight is 331 g/mol. The van der Waals surface area contributed by atoms with Crippen LogP contribution in [-0.4, -0.2) is 18.6 Å². The Kier molecular flexibility index (Phi) is 6.21. The standard InChI is InChI=1S/C19H19F2NO2/c1-3-4-10-24-13(2)19(23)22-18-16(11-15(20)12-17(18)21)14-8-6-5-7-9-14/h3,5-9,11-13H,1,4,10H2,2H3,(H,22,23). The Hall–Kier alpha value is -2.53. The van der Waals surface area contributed by atoms with Crippen molar-refractivity contribution in [1.29, 1.82) is 0 Å². The number of amides is 1. The molecule has 0 spiro atoms. The fraction of sp³-hybridized carbons (Fsp3) is 0.211. The fourth-order valence-corrected chi connectivity index (χ4v) is 2.17. The Bertz CT molecular complexity index is 717. The van der Waals surface area contributed by atoms with Gasteiger partial charge in [0, 0.05) is 11.6 Å². The molecule has 2 aromatic carbocycles. The maximum atomic E-state index is 14.2. The molecule has 0 saturated carbocycles. The van der Waals surface area contributed by atoms with Crippen molar-refractivity contribution in [3.8, 4) is 11.1 Å². The highest BCUT2D eigenvalue weighted by atomic mass is 19.1. The summed E-state index contributed by atoms with van der Waals surface area (Å²) in [6, 6.07) is 10.7. The molecule has 0 aliphatic rings. The molecule has 24 heavy (non-hydrogen) atoms. The Morgan fingerprint density at radius 3 is 2.67 bits per heavy atom. The van der Waals surface area contributed by atoms with Gasteiger partial charge in [-0.15, -0.1) is 6.58 Å². The number of carbonyl (C=O) groups is 1. The van der Waals surface area contributed by atoms with Gasteiger partial charge >= 0.3 is 0 Å². The van der Waals surface area contributed by atoms with Crippen LogP contribution in [0, 0.1) is 11.6 Å². The molecule has 0 aliphatic carbocycles. The third-order valence-electron chi connectivity index (χ3n) is 3.45. The second kappa shape index (κ2) is 8.36. The summed E-state index contributed by atoms with van der Waals surface area (Å²) in [6.45, 7) is 5.48. The van der Waals surface area contributed by atoms with Crippen LogP contribution in [0.1, 0.15) is 13.3 Å². The lowest BCUT2D eigenvalue weighted by Gasteiger charge is -2.16. The number of nitrogens with one attached hydrogen (secondary N) is 1. The first-order valence-electron chi connectivity index (χ1n) is 7.60. The Labute approximate surface area is 140 Å². The fourth-order valence-electron chi connectivity index (χ4n) is 2.17. The summed E-state index contributed by atoms with van der Waals surface area (Å²) < 4.78 is 33.2. The van der Waals surface area contributed by atoms with Gasteiger partial charge in [-0.05, 0) is 25.0 Å². The van der Waals surface area contributed by atoms with Gasteiger partial charge in [-0.25, -0.2) is 8.78 Å². The van der Waals surface area contributed by atoms with E-state index >= 15 is 0 Å². The molecule has 0 heterocycles. The summed E-state index contributed by atoms with van der Waals surface area (Å²) >= 11 is 0. The van der Waals surface area contributed by atoms with Crippen molar-refractivity contribution in [2.75, 3.05) is 11.9 Å². The van der Waals surface area contributed by atoms with Crippen molar-refractivity contribution in [1.82, 2.24) is 0 Å². The summed E-state index contributed by atoms with van der Waals surface area (Å²) in [5, 5.41) is 2.50. The number of halogens is 2. The van der Waals surface area contributed by atoms with Crippen LogP contribution in [0.5, 0.6) is 0 Å². The summed E-state index contributed by atoms with van der Waals surface area (Å²) in [4.78, 5) is 12.2. The third kappa shape index (κ3) is 4.49. The van der Waals surface area contributed by atoms with E-state index < -0.39 is 23.6 Å². The van der Waals surface area contributed by atoms with E-state index in [9.17, 15) is 13.6 Å². The normalized spacial score (nSPS) is 11.8. The zero-order chi connectivity index (χ0) is 17.5. The van der Waals surface area contributed by atoms with Gasteiger partial charge in [-0.1, -0.05) is 36.4 Å². The van der Waals surface area contributed by atoms with Crippen LogP contribution < -0.4 is 5.32 Å². The van der Waals surface area contributed by atoms with E-state index in [4.69, 9.17) is 4.74 Å². The summed E-state index contributed by atoms with van der Waals surface area (Å²) in [6.07, 6.45) is 1.52.